The van der Waals surface area contributed by atoms with Crippen molar-refractivity contribution < 1.29 is 0 Å². The predicted molar refractivity (Wildman–Crippen MR) is 38.4 cm³/mol. The van der Waals surface area contributed by atoms with Crippen LogP contribution in [0.4, 0.5) is 0 Å². The van der Waals surface area contributed by atoms with Crippen LogP contribution in [0.5, 0.6) is 0 Å². The van der Waals surface area contributed by atoms with E-state index in [2.05, 4.69) is 18.9 Å². The Kier molecular flexibility index (Phi) is 1.10. The molecule has 0 spiro atoms. The highest BCUT2D eigenvalue weighted by Gasteiger charge is 2.40. The molecule has 3 atom stereocenters. The van der Waals surface area contributed by atoms with Gasteiger partial charge in [-0.1, -0.05) is 0 Å². The van der Waals surface area contributed by atoms with Crippen LogP contribution < -0.4 is 0 Å². The summed E-state index contributed by atoms with van der Waals surface area (Å²) in [5.74, 6) is 1.04. The molecule has 0 amide bonds. The van der Waals surface area contributed by atoms with Gasteiger partial charge in [-0.15, -0.1) is 0 Å². The van der Waals surface area contributed by atoms with Crippen LogP contribution in [0.15, 0.2) is 0 Å². The average molecular weight is 125 g/mol. The largest absolute Gasteiger partial charge is 0.300 e. The normalized spacial score (nSPS) is 50.7. The third kappa shape index (κ3) is 0.644. The summed E-state index contributed by atoms with van der Waals surface area (Å²) in [5.41, 5.74) is 0. The molecule has 0 radical (unpaired) electrons. The number of nitrogens with zero attached hydrogens (tertiary/aromatic N) is 1. The summed E-state index contributed by atoms with van der Waals surface area (Å²) >= 11 is 0. The first-order chi connectivity index (χ1) is 4.29. The average Bonchev–Trinajstić information content (AvgIpc) is 2.37. The highest BCUT2D eigenvalue weighted by Crippen LogP contribution is 2.40. The fourth-order valence-electron chi connectivity index (χ4n) is 2.46. The van der Waals surface area contributed by atoms with Gasteiger partial charge in [0.25, 0.3) is 0 Å². The van der Waals surface area contributed by atoms with Crippen molar-refractivity contribution in [3.8, 4) is 0 Å². The van der Waals surface area contributed by atoms with Gasteiger partial charge in [0, 0.05) is 12.1 Å². The quantitative estimate of drug-likeness (QED) is 0.474. The van der Waals surface area contributed by atoms with Crippen molar-refractivity contribution in [1.82, 2.24) is 4.90 Å². The van der Waals surface area contributed by atoms with Gasteiger partial charge in [0.2, 0.25) is 0 Å². The molecule has 2 fully saturated rings. The molecule has 0 aromatic rings. The molecule has 1 aliphatic carbocycles. The fraction of sp³-hybridized carbons (Fsp3) is 1.00. The Morgan fingerprint density at radius 3 is 2.44 bits per heavy atom. The van der Waals surface area contributed by atoms with Crippen LogP contribution in [0.25, 0.3) is 0 Å². The Morgan fingerprint density at radius 2 is 2.11 bits per heavy atom. The minimum Gasteiger partial charge on any atom is -0.300 e. The molecule has 2 unspecified atom stereocenters. The standard InChI is InChI=1S/C8H15N/c1-6-7-3-4-8(5-7)9(6)2/h6-8H,3-5H2,1-2H3/t6-,7?,8?/m1/s1. The first-order valence-electron chi connectivity index (χ1n) is 4.01. The van der Waals surface area contributed by atoms with E-state index in [0.717, 1.165) is 18.0 Å². The zero-order valence-corrected chi connectivity index (χ0v) is 6.30. The van der Waals surface area contributed by atoms with E-state index in [-0.39, 0.29) is 0 Å². The zero-order valence-electron chi connectivity index (χ0n) is 6.30. The van der Waals surface area contributed by atoms with Crippen molar-refractivity contribution in [2.75, 3.05) is 7.05 Å². The minimum atomic E-state index is 0.878. The van der Waals surface area contributed by atoms with E-state index in [1.807, 2.05) is 0 Å². The van der Waals surface area contributed by atoms with Crippen molar-refractivity contribution in [2.45, 2.75) is 38.3 Å². The van der Waals surface area contributed by atoms with Crippen molar-refractivity contribution in [3.63, 3.8) is 0 Å². The Bertz CT molecular complexity index is 104. The molecule has 2 bridgehead atoms. The number of likely N-dealkylation sites (tertiary alicyclic amines) is 1. The Labute approximate surface area is 57.0 Å². The maximum atomic E-state index is 2.55. The third-order valence-electron chi connectivity index (χ3n) is 3.35. The molecule has 1 heteroatoms. The molecule has 1 saturated carbocycles. The van der Waals surface area contributed by atoms with Crippen LogP contribution in [0.3, 0.4) is 0 Å². The van der Waals surface area contributed by atoms with Crippen molar-refractivity contribution in [2.24, 2.45) is 5.92 Å². The number of hydrogen-bond acceptors (Lipinski definition) is 1. The summed E-state index contributed by atoms with van der Waals surface area (Å²) in [5, 5.41) is 0. The maximum absolute atomic E-state index is 2.55. The highest BCUT2D eigenvalue weighted by molar-refractivity contribution is 4.95. The minimum absolute atomic E-state index is 0.878. The van der Waals surface area contributed by atoms with Crippen LogP contribution in [-0.4, -0.2) is 24.0 Å². The maximum Gasteiger partial charge on any atom is 0.00984 e. The molecule has 1 aliphatic heterocycles. The Hall–Kier alpha value is -0.0400. The molecule has 2 aliphatic rings. The summed E-state index contributed by atoms with van der Waals surface area (Å²) in [4.78, 5) is 2.55. The van der Waals surface area contributed by atoms with Crippen LogP contribution >= 0.6 is 0 Å². The van der Waals surface area contributed by atoms with E-state index in [1.54, 1.807) is 0 Å². The fourth-order valence-corrected chi connectivity index (χ4v) is 2.46. The lowest BCUT2D eigenvalue weighted by Gasteiger charge is -2.28. The van der Waals surface area contributed by atoms with E-state index in [0.29, 0.717) is 0 Å². The smallest absolute Gasteiger partial charge is 0.00984 e. The Balaban J connectivity index is 2.15. The molecule has 2 rings (SSSR count). The molecule has 52 valence electrons. The van der Waals surface area contributed by atoms with Gasteiger partial charge in [-0.2, -0.15) is 0 Å². The zero-order chi connectivity index (χ0) is 6.43. The second-order valence-corrected chi connectivity index (χ2v) is 3.63. The van der Waals surface area contributed by atoms with Gasteiger partial charge in [0.15, 0.2) is 0 Å². The van der Waals surface area contributed by atoms with Gasteiger partial charge in [-0.25, -0.2) is 0 Å². The Morgan fingerprint density at radius 1 is 1.33 bits per heavy atom. The molecular formula is C8H15N. The van der Waals surface area contributed by atoms with Gasteiger partial charge < -0.3 is 4.90 Å². The van der Waals surface area contributed by atoms with E-state index in [1.165, 1.54) is 19.3 Å². The summed E-state index contributed by atoms with van der Waals surface area (Å²) in [6, 6.07) is 1.83. The van der Waals surface area contributed by atoms with Crippen LogP contribution in [-0.2, 0) is 0 Å². The lowest BCUT2D eigenvalue weighted by molar-refractivity contribution is 0.190. The number of fused-ring (bicyclic) bond motifs is 2. The first kappa shape index (κ1) is 5.72. The summed E-state index contributed by atoms with van der Waals surface area (Å²) in [7, 11) is 2.27. The van der Waals surface area contributed by atoms with Crippen LogP contribution in [0.2, 0.25) is 0 Å². The van der Waals surface area contributed by atoms with E-state index in [4.69, 9.17) is 0 Å². The van der Waals surface area contributed by atoms with E-state index in [9.17, 15) is 0 Å². The van der Waals surface area contributed by atoms with Crippen LogP contribution in [0.1, 0.15) is 26.2 Å². The highest BCUT2D eigenvalue weighted by atomic mass is 15.2. The lowest BCUT2D eigenvalue weighted by atomic mass is 10.0. The summed E-state index contributed by atoms with van der Waals surface area (Å²) in [6.07, 6.45) is 4.44. The molecule has 0 aromatic carbocycles. The lowest BCUT2D eigenvalue weighted by Crippen LogP contribution is -2.35. The molecule has 0 N–H and O–H groups in total. The second kappa shape index (κ2) is 1.72. The number of rotatable bonds is 0. The summed E-state index contributed by atoms with van der Waals surface area (Å²) in [6.45, 7) is 2.36. The molecule has 9 heavy (non-hydrogen) atoms. The molecule has 1 heterocycles. The van der Waals surface area contributed by atoms with Crippen LogP contribution in [0, 0.1) is 5.92 Å². The molecule has 1 nitrogen and oxygen atoms in total. The van der Waals surface area contributed by atoms with Gasteiger partial charge in [0.05, 0.1) is 0 Å². The van der Waals surface area contributed by atoms with Crippen molar-refractivity contribution >= 4 is 0 Å². The topological polar surface area (TPSA) is 3.24 Å². The molecule has 0 aromatic heterocycles. The van der Waals surface area contributed by atoms with Gasteiger partial charge in [0.1, 0.15) is 0 Å². The number of hydrogen-bond donors (Lipinski definition) is 0. The first-order valence-corrected chi connectivity index (χ1v) is 4.01. The second-order valence-electron chi connectivity index (χ2n) is 3.63. The van der Waals surface area contributed by atoms with Gasteiger partial charge >= 0.3 is 0 Å². The van der Waals surface area contributed by atoms with Gasteiger partial charge in [-0.3, -0.25) is 0 Å². The van der Waals surface area contributed by atoms with E-state index >= 15 is 0 Å². The number of piperidine rings is 1. The van der Waals surface area contributed by atoms with E-state index < -0.39 is 0 Å². The predicted octanol–water partition coefficient (Wildman–Crippen LogP) is 1.49. The van der Waals surface area contributed by atoms with Gasteiger partial charge in [-0.05, 0) is 39.2 Å². The van der Waals surface area contributed by atoms with Crippen molar-refractivity contribution in [3.05, 3.63) is 0 Å². The monoisotopic (exact) mass is 125 g/mol. The summed E-state index contributed by atoms with van der Waals surface area (Å²) < 4.78 is 0. The molecule has 1 saturated heterocycles. The molecular weight excluding hydrogens is 110 g/mol. The van der Waals surface area contributed by atoms with Crippen molar-refractivity contribution in [1.29, 1.82) is 0 Å². The third-order valence-corrected chi connectivity index (χ3v) is 3.35. The SMILES string of the molecule is C[C@@H]1C2CCC(C2)N1C.